The topological polar surface area (TPSA) is 70.2 Å². The van der Waals surface area contributed by atoms with Gasteiger partial charge in [0.25, 0.3) is 5.91 Å². The predicted octanol–water partition coefficient (Wildman–Crippen LogP) is 3.35. The van der Waals surface area contributed by atoms with Crippen molar-refractivity contribution in [3.8, 4) is 5.75 Å². The highest BCUT2D eigenvalue weighted by molar-refractivity contribution is 5.94. The van der Waals surface area contributed by atoms with Gasteiger partial charge < -0.3 is 24.6 Å². The molecule has 0 atom stereocenters. The van der Waals surface area contributed by atoms with Crippen LogP contribution in [-0.4, -0.2) is 87.5 Å². The molecule has 2 saturated heterocycles. The number of benzene rings is 1. The molecular weight excluding hydrogens is 478 g/mol. The first kappa shape index (κ1) is 25.4. The molecule has 0 spiro atoms. The van der Waals surface area contributed by atoms with Crippen molar-refractivity contribution < 1.29 is 14.3 Å². The molecule has 38 heavy (non-hydrogen) atoms. The van der Waals surface area contributed by atoms with E-state index in [9.17, 15) is 4.79 Å². The van der Waals surface area contributed by atoms with Crippen LogP contribution in [0.2, 0.25) is 0 Å². The van der Waals surface area contributed by atoms with Gasteiger partial charge in [0.15, 0.2) is 0 Å². The summed E-state index contributed by atoms with van der Waals surface area (Å²) in [6.45, 7) is 9.59. The largest absolute Gasteiger partial charge is 0.493 e. The van der Waals surface area contributed by atoms with E-state index in [0.29, 0.717) is 6.04 Å². The molecule has 0 bridgehead atoms. The molecule has 1 amide bonds. The number of piperazine rings is 1. The fraction of sp³-hybridized carbons (Fsp3) is 0.600. The van der Waals surface area contributed by atoms with Gasteiger partial charge in [0.05, 0.1) is 19.8 Å². The van der Waals surface area contributed by atoms with Gasteiger partial charge in [-0.2, -0.15) is 0 Å². The van der Waals surface area contributed by atoms with Crippen molar-refractivity contribution in [3.05, 3.63) is 47.7 Å². The number of rotatable bonds is 7. The highest BCUT2D eigenvalue weighted by Gasteiger charge is 2.26. The van der Waals surface area contributed by atoms with Crippen molar-refractivity contribution >= 4 is 17.4 Å². The number of pyridine rings is 1. The molecule has 8 nitrogen and oxygen atoms in total. The molecule has 1 aliphatic carbocycles. The summed E-state index contributed by atoms with van der Waals surface area (Å²) < 4.78 is 11.2. The fourth-order valence-corrected chi connectivity index (χ4v) is 6.43. The van der Waals surface area contributed by atoms with Crippen LogP contribution >= 0.6 is 0 Å². The first-order valence-electron chi connectivity index (χ1n) is 14.5. The number of amides is 1. The minimum atomic E-state index is 0.0601. The summed E-state index contributed by atoms with van der Waals surface area (Å²) in [6, 6.07) is 10.3. The van der Waals surface area contributed by atoms with Crippen LogP contribution in [-0.2, 0) is 11.2 Å². The van der Waals surface area contributed by atoms with E-state index in [4.69, 9.17) is 9.47 Å². The molecule has 1 aromatic carbocycles. The van der Waals surface area contributed by atoms with Crippen molar-refractivity contribution in [1.82, 2.24) is 15.2 Å². The standard InChI is InChI=1S/C30H41N5O3/c36-30(24-3-7-26(8-4-24)34-18-21-37-22-19-34)32-25-5-1-23(2-6-25)10-13-33-14-16-35(17-15-33)29-27-11-20-38-28(27)9-12-31-29/h3-4,7-9,12,23,25H,1-2,5-6,10-11,13-22H2,(H,32,36). The predicted molar refractivity (Wildman–Crippen MR) is 149 cm³/mol. The molecule has 1 N–H and O–H groups in total. The number of morpholine rings is 1. The Labute approximate surface area is 226 Å². The maximum Gasteiger partial charge on any atom is 0.251 e. The van der Waals surface area contributed by atoms with Crippen LogP contribution in [0.25, 0.3) is 0 Å². The van der Waals surface area contributed by atoms with Crippen LogP contribution in [0.3, 0.4) is 0 Å². The average molecular weight is 520 g/mol. The van der Waals surface area contributed by atoms with Crippen LogP contribution in [0, 0.1) is 5.92 Å². The maximum absolute atomic E-state index is 12.8. The number of carbonyl (C=O) groups is 1. The molecule has 8 heteroatoms. The SMILES string of the molecule is O=C(NC1CCC(CCN2CCN(c3nccc4c3CCO4)CC2)CC1)c1ccc(N2CCOCC2)cc1. The second kappa shape index (κ2) is 11.9. The molecule has 1 saturated carbocycles. The Bertz CT molecular complexity index is 1070. The van der Waals surface area contributed by atoms with Crippen LogP contribution in [0.1, 0.15) is 48.0 Å². The molecular formula is C30H41N5O3. The second-order valence-corrected chi connectivity index (χ2v) is 11.2. The van der Waals surface area contributed by atoms with Gasteiger partial charge in [-0.15, -0.1) is 0 Å². The van der Waals surface area contributed by atoms with E-state index in [0.717, 1.165) is 101 Å². The first-order valence-corrected chi connectivity index (χ1v) is 14.5. The van der Waals surface area contributed by atoms with Crippen molar-refractivity contribution in [1.29, 1.82) is 0 Å². The van der Waals surface area contributed by atoms with Gasteiger partial charge in [-0.3, -0.25) is 9.69 Å². The average Bonchev–Trinajstić information content (AvgIpc) is 3.47. The summed E-state index contributed by atoms with van der Waals surface area (Å²) >= 11 is 0. The lowest BCUT2D eigenvalue weighted by Crippen LogP contribution is -2.47. The highest BCUT2D eigenvalue weighted by Crippen LogP contribution is 2.33. The molecule has 204 valence electrons. The molecule has 0 radical (unpaired) electrons. The molecule has 4 heterocycles. The number of aromatic nitrogens is 1. The molecule has 0 unspecified atom stereocenters. The smallest absolute Gasteiger partial charge is 0.251 e. The lowest BCUT2D eigenvalue weighted by atomic mass is 9.84. The molecule has 3 fully saturated rings. The van der Waals surface area contributed by atoms with Gasteiger partial charge >= 0.3 is 0 Å². The van der Waals surface area contributed by atoms with E-state index in [2.05, 4.69) is 37.1 Å². The minimum Gasteiger partial charge on any atom is -0.493 e. The van der Waals surface area contributed by atoms with Gasteiger partial charge in [0.1, 0.15) is 11.6 Å². The monoisotopic (exact) mass is 519 g/mol. The lowest BCUT2D eigenvalue weighted by molar-refractivity contribution is 0.0919. The van der Waals surface area contributed by atoms with Crippen molar-refractivity contribution in [2.24, 2.45) is 5.92 Å². The van der Waals surface area contributed by atoms with E-state index in [1.807, 2.05) is 24.4 Å². The number of fused-ring (bicyclic) bond motifs is 1. The van der Waals surface area contributed by atoms with E-state index >= 15 is 0 Å². The zero-order valence-electron chi connectivity index (χ0n) is 22.4. The Kier molecular flexibility index (Phi) is 7.97. The molecule has 1 aromatic heterocycles. The number of carbonyl (C=O) groups excluding carboxylic acids is 1. The number of nitrogens with one attached hydrogen (secondary N) is 1. The number of ether oxygens (including phenoxy) is 2. The van der Waals surface area contributed by atoms with E-state index in [-0.39, 0.29) is 5.91 Å². The molecule has 2 aromatic rings. The Morgan fingerprint density at radius 2 is 1.66 bits per heavy atom. The quantitative estimate of drug-likeness (QED) is 0.602. The summed E-state index contributed by atoms with van der Waals surface area (Å²) in [5.74, 6) is 2.98. The maximum atomic E-state index is 12.8. The van der Waals surface area contributed by atoms with Gasteiger partial charge in [-0.1, -0.05) is 0 Å². The van der Waals surface area contributed by atoms with Gasteiger partial charge in [0, 0.05) is 74.7 Å². The number of hydrogen-bond donors (Lipinski definition) is 1. The van der Waals surface area contributed by atoms with Crippen molar-refractivity contribution in [2.75, 3.05) is 75.4 Å². The summed E-state index contributed by atoms with van der Waals surface area (Å²) in [4.78, 5) is 24.9. The molecule has 3 aliphatic heterocycles. The molecule has 6 rings (SSSR count). The Hall–Kier alpha value is -2.84. The Morgan fingerprint density at radius 1 is 0.895 bits per heavy atom. The summed E-state index contributed by atoms with van der Waals surface area (Å²) in [7, 11) is 0. The summed E-state index contributed by atoms with van der Waals surface area (Å²) in [6.07, 6.45) is 8.71. The third-order valence-corrected chi connectivity index (χ3v) is 8.81. The van der Waals surface area contributed by atoms with Crippen LogP contribution < -0.4 is 19.9 Å². The summed E-state index contributed by atoms with van der Waals surface area (Å²) in [5.41, 5.74) is 3.21. The second-order valence-electron chi connectivity index (χ2n) is 11.2. The van der Waals surface area contributed by atoms with Crippen LogP contribution in [0.15, 0.2) is 36.5 Å². The van der Waals surface area contributed by atoms with Crippen LogP contribution in [0.5, 0.6) is 5.75 Å². The van der Waals surface area contributed by atoms with Crippen molar-refractivity contribution in [2.45, 2.75) is 44.6 Å². The number of hydrogen-bond acceptors (Lipinski definition) is 7. The number of anilines is 2. The zero-order valence-corrected chi connectivity index (χ0v) is 22.4. The van der Waals surface area contributed by atoms with Gasteiger partial charge in [-0.25, -0.2) is 4.98 Å². The van der Waals surface area contributed by atoms with Crippen molar-refractivity contribution in [3.63, 3.8) is 0 Å². The zero-order chi connectivity index (χ0) is 25.7. The highest BCUT2D eigenvalue weighted by atomic mass is 16.5. The normalized spacial score (nSPS) is 24.1. The summed E-state index contributed by atoms with van der Waals surface area (Å²) in [5, 5.41) is 3.29. The van der Waals surface area contributed by atoms with Gasteiger partial charge in [0.2, 0.25) is 0 Å². The third kappa shape index (κ3) is 5.91. The molecule has 4 aliphatic rings. The van der Waals surface area contributed by atoms with Crippen LogP contribution in [0.4, 0.5) is 11.5 Å². The Morgan fingerprint density at radius 3 is 2.42 bits per heavy atom. The van der Waals surface area contributed by atoms with E-state index in [1.54, 1.807) is 0 Å². The lowest BCUT2D eigenvalue weighted by Gasteiger charge is -2.37. The Balaban J connectivity index is 0.898. The van der Waals surface area contributed by atoms with Gasteiger partial charge in [-0.05, 0) is 74.9 Å². The fourth-order valence-electron chi connectivity index (χ4n) is 6.43. The third-order valence-electron chi connectivity index (χ3n) is 8.81. The van der Waals surface area contributed by atoms with E-state index in [1.165, 1.54) is 37.1 Å². The van der Waals surface area contributed by atoms with E-state index < -0.39 is 0 Å². The number of nitrogens with zero attached hydrogens (tertiary/aromatic N) is 4. The minimum absolute atomic E-state index is 0.0601. The first-order chi connectivity index (χ1) is 18.7.